The largest absolute Gasteiger partial charge is 0.459 e. The van der Waals surface area contributed by atoms with Gasteiger partial charge < -0.3 is 9.47 Å². The van der Waals surface area contributed by atoms with E-state index in [4.69, 9.17) is 9.47 Å². The van der Waals surface area contributed by atoms with Gasteiger partial charge in [0.2, 0.25) is 0 Å². The van der Waals surface area contributed by atoms with Crippen molar-refractivity contribution < 1.29 is 14.3 Å². The van der Waals surface area contributed by atoms with Crippen LogP contribution >= 0.6 is 0 Å². The van der Waals surface area contributed by atoms with Crippen molar-refractivity contribution in [3.63, 3.8) is 0 Å². The van der Waals surface area contributed by atoms with Crippen LogP contribution in [-0.4, -0.2) is 48.8 Å². The zero-order chi connectivity index (χ0) is 13.1. The van der Waals surface area contributed by atoms with Crippen LogP contribution in [0.4, 0.5) is 0 Å². The number of methoxy groups -OCH3 is 1. The van der Waals surface area contributed by atoms with Crippen LogP contribution in [0.1, 0.15) is 40.5 Å². The Morgan fingerprint density at radius 3 is 2.65 bits per heavy atom. The first kappa shape index (κ1) is 14.5. The van der Waals surface area contributed by atoms with Gasteiger partial charge in [-0.05, 0) is 47.1 Å². The maximum Gasteiger partial charge on any atom is 0.323 e. The summed E-state index contributed by atoms with van der Waals surface area (Å²) in [6.45, 7) is 9.41. The van der Waals surface area contributed by atoms with Gasteiger partial charge in [0.15, 0.2) is 0 Å². The minimum Gasteiger partial charge on any atom is -0.459 e. The van der Waals surface area contributed by atoms with Crippen LogP contribution in [0.2, 0.25) is 0 Å². The van der Waals surface area contributed by atoms with Crippen molar-refractivity contribution in [1.29, 1.82) is 0 Å². The van der Waals surface area contributed by atoms with Crippen molar-refractivity contribution >= 4 is 5.97 Å². The Bertz CT molecular complexity index is 260. The van der Waals surface area contributed by atoms with Gasteiger partial charge in [0.1, 0.15) is 11.6 Å². The highest BCUT2D eigenvalue weighted by Gasteiger charge is 2.36. The van der Waals surface area contributed by atoms with E-state index >= 15 is 0 Å². The lowest BCUT2D eigenvalue weighted by Crippen LogP contribution is -2.46. The number of ether oxygens (including phenoxy) is 2. The number of hydrogen-bond donors (Lipinski definition) is 0. The van der Waals surface area contributed by atoms with E-state index < -0.39 is 5.60 Å². The van der Waals surface area contributed by atoms with Crippen molar-refractivity contribution in [3.8, 4) is 0 Å². The fourth-order valence-corrected chi connectivity index (χ4v) is 2.28. The summed E-state index contributed by atoms with van der Waals surface area (Å²) in [7, 11) is 1.69. The first-order valence-corrected chi connectivity index (χ1v) is 6.32. The van der Waals surface area contributed by atoms with Gasteiger partial charge in [-0.2, -0.15) is 0 Å². The summed E-state index contributed by atoms with van der Waals surface area (Å²) in [4.78, 5) is 14.3. The molecule has 1 aliphatic heterocycles. The van der Waals surface area contributed by atoms with Gasteiger partial charge >= 0.3 is 5.97 Å². The van der Waals surface area contributed by atoms with Crippen molar-refractivity contribution in [2.24, 2.45) is 0 Å². The zero-order valence-electron chi connectivity index (χ0n) is 11.7. The molecule has 1 rings (SSSR count). The summed E-state index contributed by atoms with van der Waals surface area (Å²) in [5.74, 6) is -0.0991. The number of carbonyl (C=O) groups is 1. The van der Waals surface area contributed by atoms with E-state index in [-0.39, 0.29) is 18.1 Å². The van der Waals surface area contributed by atoms with Gasteiger partial charge in [0, 0.05) is 13.2 Å². The molecule has 100 valence electrons. The van der Waals surface area contributed by atoms with E-state index in [1.807, 2.05) is 20.8 Å². The molecule has 17 heavy (non-hydrogen) atoms. The Balaban J connectivity index is 2.59. The molecule has 0 aromatic carbocycles. The van der Waals surface area contributed by atoms with Crippen molar-refractivity contribution in [3.05, 3.63) is 0 Å². The highest BCUT2D eigenvalue weighted by Crippen LogP contribution is 2.23. The maximum absolute atomic E-state index is 12.1. The number of likely N-dealkylation sites (tertiary alicyclic amines) is 1. The molecule has 1 heterocycles. The van der Waals surface area contributed by atoms with Gasteiger partial charge in [-0.1, -0.05) is 0 Å². The van der Waals surface area contributed by atoms with Crippen LogP contribution in [0.15, 0.2) is 0 Å². The molecule has 0 spiro atoms. The Hall–Kier alpha value is -0.610. The smallest absolute Gasteiger partial charge is 0.323 e. The molecular formula is C13H25NO3. The summed E-state index contributed by atoms with van der Waals surface area (Å²) in [6, 6.07) is 0.166. The Labute approximate surface area is 104 Å². The van der Waals surface area contributed by atoms with E-state index in [1.54, 1.807) is 7.11 Å². The molecule has 1 unspecified atom stereocenters. The van der Waals surface area contributed by atoms with Crippen molar-refractivity contribution in [2.75, 3.05) is 20.3 Å². The minimum atomic E-state index is -0.407. The van der Waals surface area contributed by atoms with Gasteiger partial charge in [-0.15, -0.1) is 0 Å². The monoisotopic (exact) mass is 243 g/mol. The van der Waals surface area contributed by atoms with Crippen molar-refractivity contribution in [1.82, 2.24) is 4.90 Å². The van der Waals surface area contributed by atoms with Crippen LogP contribution in [-0.2, 0) is 14.3 Å². The lowest BCUT2D eigenvalue weighted by molar-refractivity contribution is -0.161. The lowest BCUT2D eigenvalue weighted by Gasteiger charge is -2.31. The molecule has 0 aromatic rings. The van der Waals surface area contributed by atoms with Gasteiger partial charge in [-0.3, -0.25) is 9.69 Å². The number of esters is 1. The fourth-order valence-electron chi connectivity index (χ4n) is 2.28. The molecule has 1 saturated heterocycles. The third kappa shape index (κ3) is 4.28. The molecule has 0 N–H and O–H groups in total. The first-order chi connectivity index (χ1) is 7.85. The Morgan fingerprint density at radius 1 is 1.47 bits per heavy atom. The number of hydrogen-bond acceptors (Lipinski definition) is 4. The normalized spacial score (nSPS) is 23.7. The van der Waals surface area contributed by atoms with Crippen molar-refractivity contribution in [2.45, 2.75) is 58.2 Å². The molecule has 0 aliphatic carbocycles. The average molecular weight is 243 g/mol. The van der Waals surface area contributed by atoms with Gasteiger partial charge in [-0.25, -0.2) is 0 Å². The minimum absolute atomic E-state index is 0.0978. The molecule has 0 bridgehead atoms. The highest BCUT2D eigenvalue weighted by atomic mass is 16.6. The summed E-state index contributed by atoms with van der Waals surface area (Å²) in [6.07, 6.45) is 1.95. The average Bonchev–Trinajstić information content (AvgIpc) is 2.63. The third-order valence-corrected chi connectivity index (χ3v) is 2.95. The summed E-state index contributed by atoms with van der Waals surface area (Å²) in [5, 5.41) is 0. The molecule has 1 aliphatic rings. The summed E-state index contributed by atoms with van der Waals surface area (Å²) in [5.41, 5.74) is -0.407. The van der Waals surface area contributed by atoms with E-state index in [0.29, 0.717) is 6.61 Å². The summed E-state index contributed by atoms with van der Waals surface area (Å²) < 4.78 is 10.6. The Kier molecular flexibility index (Phi) is 4.95. The number of rotatable bonds is 4. The fraction of sp³-hybridized carbons (Fsp3) is 0.923. The zero-order valence-corrected chi connectivity index (χ0v) is 11.7. The molecule has 1 fully saturated rings. The molecule has 2 atom stereocenters. The van der Waals surface area contributed by atoms with Crippen LogP contribution in [0.5, 0.6) is 0 Å². The standard InChI is InChI=1S/C13H25NO3/c1-10(9-16-5)14-8-6-7-11(14)12(15)17-13(2,3)4/h10-11H,6-9H2,1-5H3/t10?,11-/m0/s1. The Morgan fingerprint density at radius 2 is 2.12 bits per heavy atom. The second kappa shape index (κ2) is 5.83. The van der Waals surface area contributed by atoms with E-state index in [2.05, 4.69) is 11.8 Å². The van der Waals surface area contributed by atoms with Gasteiger partial charge in [0.25, 0.3) is 0 Å². The summed E-state index contributed by atoms with van der Waals surface area (Å²) >= 11 is 0. The van der Waals surface area contributed by atoms with Gasteiger partial charge in [0.05, 0.1) is 6.61 Å². The predicted octanol–water partition coefficient (Wildman–Crippen LogP) is 1.83. The lowest BCUT2D eigenvalue weighted by atomic mass is 10.1. The third-order valence-electron chi connectivity index (χ3n) is 2.95. The second-order valence-corrected chi connectivity index (χ2v) is 5.73. The first-order valence-electron chi connectivity index (χ1n) is 6.32. The SMILES string of the molecule is COCC(C)N1CCC[C@H]1C(=O)OC(C)(C)C. The molecule has 4 nitrogen and oxygen atoms in total. The van der Waals surface area contributed by atoms with Crippen LogP contribution in [0.3, 0.4) is 0 Å². The molecule has 0 amide bonds. The molecule has 0 saturated carbocycles. The quantitative estimate of drug-likeness (QED) is 0.706. The molecular weight excluding hydrogens is 218 g/mol. The number of nitrogens with zero attached hydrogens (tertiary/aromatic N) is 1. The van der Waals surface area contributed by atoms with E-state index in [0.717, 1.165) is 19.4 Å². The van der Waals surface area contributed by atoms with Crippen LogP contribution < -0.4 is 0 Å². The molecule has 0 aromatic heterocycles. The van der Waals surface area contributed by atoms with Crippen LogP contribution in [0, 0.1) is 0 Å². The second-order valence-electron chi connectivity index (χ2n) is 5.73. The molecule has 0 radical (unpaired) electrons. The van der Waals surface area contributed by atoms with E-state index in [1.165, 1.54) is 0 Å². The predicted molar refractivity (Wildman–Crippen MR) is 66.9 cm³/mol. The topological polar surface area (TPSA) is 38.8 Å². The van der Waals surface area contributed by atoms with E-state index in [9.17, 15) is 4.79 Å². The number of carbonyl (C=O) groups excluding carboxylic acids is 1. The maximum atomic E-state index is 12.1. The van der Waals surface area contributed by atoms with Crippen LogP contribution in [0.25, 0.3) is 0 Å². The molecule has 4 heteroatoms. The highest BCUT2D eigenvalue weighted by molar-refractivity contribution is 5.76.